The Morgan fingerprint density at radius 3 is 2.62 bits per heavy atom. The van der Waals surface area contributed by atoms with Crippen molar-refractivity contribution in [2.24, 2.45) is 5.92 Å². The van der Waals surface area contributed by atoms with Gasteiger partial charge in [0, 0.05) is 37.0 Å². The Hall–Kier alpha value is -1.57. The molecule has 1 saturated heterocycles. The first kappa shape index (κ1) is 14.4. The van der Waals surface area contributed by atoms with E-state index in [1.165, 1.54) is 0 Å². The fraction of sp³-hybridized carbons (Fsp3) is 0.500. The van der Waals surface area contributed by atoms with E-state index in [-0.39, 0.29) is 17.7 Å². The quantitative estimate of drug-likeness (QED) is 0.933. The van der Waals surface area contributed by atoms with Gasteiger partial charge < -0.3 is 10.1 Å². The number of hydrogen-bond acceptors (Lipinski definition) is 3. The van der Waals surface area contributed by atoms with Crippen LogP contribution in [-0.2, 0) is 9.53 Å². The number of nitriles is 1. The molecule has 1 aliphatic carbocycles. The van der Waals surface area contributed by atoms with Gasteiger partial charge in [-0.15, -0.1) is 0 Å². The zero-order valence-corrected chi connectivity index (χ0v) is 12.4. The Bertz CT molecular complexity index is 573. The van der Waals surface area contributed by atoms with E-state index in [0.29, 0.717) is 31.1 Å². The second-order valence-electron chi connectivity index (χ2n) is 5.80. The summed E-state index contributed by atoms with van der Waals surface area (Å²) in [6.07, 6.45) is 1.96. The van der Waals surface area contributed by atoms with Gasteiger partial charge >= 0.3 is 0 Å². The van der Waals surface area contributed by atoms with Crippen LogP contribution in [0, 0.1) is 17.2 Å². The van der Waals surface area contributed by atoms with E-state index in [1.807, 2.05) is 24.3 Å². The molecule has 1 aromatic rings. The molecular weight excluding hydrogens is 288 g/mol. The second kappa shape index (κ2) is 5.67. The van der Waals surface area contributed by atoms with Crippen LogP contribution in [0.5, 0.6) is 0 Å². The van der Waals surface area contributed by atoms with Crippen LogP contribution >= 0.6 is 11.6 Å². The first-order chi connectivity index (χ1) is 10.1. The smallest absolute Gasteiger partial charge is 0.224 e. The largest absolute Gasteiger partial charge is 0.381 e. The van der Waals surface area contributed by atoms with E-state index in [4.69, 9.17) is 16.3 Å². The molecule has 21 heavy (non-hydrogen) atoms. The fourth-order valence-electron chi connectivity index (χ4n) is 2.88. The van der Waals surface area contributed by atoms with Gasteiger partial charge in [0.05, 0.1) is 6.07 Å². The molecule has 1 amide bonds. The van der Waals surface area contributed by atoms with Crippen molar-refractivity contribution in [3.05, 3.63) is 34.9 Å². The Labute approximate surface area is 129 Å². The first-order valence-electron chi connectivity index (χ1n) is 7.20. The fourth-order valence-corrected chi connectivity index (χ4v) is 3.00. The molecule has 5 heteroatoms. The number of nitrogens with zero attached hydrogens (tertiary/aromatic N) is 1. The van der Waals surface area contributed by atoms with Crippen LogP contribution in [0.3, 0.4) is 0 Å². The number of ether oxygens (including phenoxy) is 1. The third-order valence-electron chi connectivity index (χ3n) is 4.35. The normalized spacial score (nSPS) is 26.7. The number of hydrogen-bond donors (Lipinski definition) is 1. The number of rotatable bonds is 3. The summed E-state index contributed by atoms with van der Waals surface area (Å²) in [5, 5.41) is 13.0. The van der Waals surface area contributed by atoms with Gasteiger partial charge in [0.2, 0.25) is 5.91 Å². The zero-order valence-electron chi connectivity index (χ0n) is 11.6. The molecule has 0 bridgehead atoms. The monoisotopic (exact) mass is 304 g/mol. The van der Waals surface area contributed by atoms with E-state index in [2.05, 4.69) is 11.4 Å². The predicted octanol–water partition coefficient (Wildman–Crippen LogP) is 2.63. The van der Waals surface area contributed by atoms with Crippen LogP contribution in [0.1, 0.15) is 30.7 Å². The summed E-state index contributed by atoms with van der Waals surface area (Å²) in [5.74, 6) is 0.204. The number of halogens is 1. The van der Waals surface area contributed by atoms with E-state index in [9.17, 15) is 10.1 Å². The van der Waals surface area contributed by atoms with E-state index < -0.39 is 5.54 Å². The molecule has 0 spiro atoms. The highest BCUT2D eigenvalue weighted by Gasteiger charge is 2.46. The summed E-state index contributed by atoms with van der Waals surface area (Å²) in [7, 11) is 0. The van der Waals surface area contributed by atoms with Gasteiger partial charge in [-0.3, -0.25) is 4.79 Å². The maximum Gasteiger partial charge on any atom is 0.224 e. The molecule has 1 saturated carbocycles. The van der Waals surface area contributed by atoms with Crippen molar-refractivity contribution >= 4 is 17.5 Å². The minimum Gasteiger partial charge on any atom is -0.381 e. The SMILES string of the molecule is N#CC1(NC(=O)[C@H]2C[C@H]2c2ccc(Cl)cc2)CCOCC1. The van der Waals surface area contributed by atoms with Gasteiger partial charge in [0.1, 0.15) is 5.54 Å². The van der Waals surface area contributed by atoms with Gasteiger partial charge in [0.15, 0.2) is 0 Å². The number of benzene rings is 1. The maximum absolute atomic E-state index is 12.4. The van der Waals surface area contributed by atoms with Crippen LogP contribution < -0.4 is 5.32 Å². The van der Waals surface area contributed by atoms with Crippen molar-refractivity contribution in [3.63, 3.8) is 0 Å². The highest BCUT2D eigenvalue weighted by atomic mass is 35.5. The number of carbonyl (C=O) groups is 1. The van der Waals surface area contributed by atoms with Crippen LogP contribution in [0.25, 0.3) is 0 Å². The van der Waals surface area contributed by atoms with Gasteiger partial charge in [0.25, 0.3) is 0 Å². The Morgan fingerprint density at radius 1 is 1.33 bits per heavy atom. The topological polar surface area (TPSA) is 62.1 Å². The third-order valence-corrected chi connectivity index (χ3v) is 4.60. The maximum atomic E-state index is 12.4. The number of amides is 1. The van der Waals surface area contributed by atoms with Crippen molar-refractivity contribution < 1.29 is 9.53 Å². The average Bonchev–Trinajstić information content (AvgIpc) is 3.29. The molecule has 1 heterocycles. The third kappa shape index (κ3) is 3.04. The average molecular weight is 305 g/mol. The van der Waals surface area contributed by atoms with E-state index in [0.717, 1.165) is 12.0 Å². The summed E-state index contributed by atoms with van der Waals surface area (Å²) in [6, 6.07) is 9.89. The van der Waals surface area contributed by atoms with Gasteiger partial charge in [-0.2, -0.15) is 5.26 Å². The van der Waals surface area contributed by atoms with Crippen LogP contribution in [-0.4, -0.2) is 24.7 Å². The summed E-state index contributed by atoms with van der Waals surface area (Å²) in [5.41, 5.74) is 0.389. The van der Waals surface area contributed by atoms with Crippen LogP contribution in [0.4, 0.5) is 0 Å². The lowest BCUT2D eigenvalue weighted by Crippen LogP contribution is -2.51. The number of nitrogens with one attached hydrogen (secondary N) is 1. The lowest BCUT2D eigenvalue weighted by molar-refractivity contribution is -0.124. The highest BCUT2D eigenvalue weighted by Crippen LogP contribution is 2.48. The predicted molar refractivity (Wildman–Crippen MR) is 78.8 cm³/mol. The summed E-state index contributed by atoms with van der Waals surface area (Å²) in [6.45, 7) is 1.05. The molecule has 4 nitrogen and oxygen atoms in total. The minimum absolute atomic E-state index is 0.0154. The Balaban J connectivity index is 1.62. The molecule has 0 aromatic heterocycles. The molecular formula is C16H17ClN2O2. The molecule has 0 unspecified atom stereocenters. The Kier molecular flexibility index (Phi) is 3.88. The van der Waals surface area contributed by atoms with Crippen LogP contribution in [0.2, 0.25) is 5.02 Å². The molecule has 3 rings (SSSR count). The lowest BCUT2D eigenvalue weighted by atomic mass is 9.91. The summed E-state index contributed by atoms with van der Waals surface area (Å²) in [4.78, 5) is 12.4. The molecule has 2 aliphatic rings. The van der Waals surface area contributed by atoms with E-state index in [1.54, 1.807) is 0 Å². The van der Waals surface area contributed by atoms with Crippen molar-refractivity contribution in [2.45, 2.75) is 30.7 Å². The van der Waals surface area contributed by atoms with Crippen LogP contribution in [0.15, 0.2) is 24.3 Å². The molecule has 2 fully saturated rings. The van der Waals surface area contributed by atoms with Crippen molar-refractivity contribution in [1.82, 2.24) is 5.32 Å². The molecule has 0 radical (unpaired) electrons. The first-order valence-corrected chi connectivity index (χ1v) is 7.58. The van der Waals surface area contributed by atoms with Crippen molar-refractivity contribution in [3.8, 4) is 6.07 Å². The van der Waals surface area contributed by atoms with Gasteiger partial charge in [-0.05, 0) is 30.0 Å². The highest BCUT2D eigenvalue weighted by molar-refractivity contribution is 6.30. The van der Waals surface area contributed by atoms with Crippen molar-refractivity contribution in [2.75, 3.05) is 13.2 Å². The molecule has 1 N–H and O–H groups in total. The molecule has 1 aliphatic heterocycles. The standard InChI is InChI=1S/C16H17ClN2O2/c17-12-3-1-11(2-4-12)13-9-14(13)15(20)19-16(10-18)5-7-21-8-6-16/h1-4,13-14H,5-9H2,(H,19,20)/t13-,14-/m0/s1. The minimum atomic E-state index is -0.748. The number of carbonyl (C=O) groups excluding carboxylic acids is 1. The summed E-state index contributed by atoms with van der Waals surface area (Å²) >= 11 is 5.87. The molecule has 2 atom stereocenters. The Morgan fingerprint density at radius 2 is 2.00 bits per heavy atom. The lowest BCUT2D eigenvalue weighted by Gasteiger charge is -2.31. The zero-order chi connectivity index (χ0) is 14.9. The van der Waals surface area contributed by atoms with Gasteiger partial charge in [-0.1, -0.05) is 23.7 Å². The molecule has 110 valence electrons. The van der Waals surface area contributed by atoms with E-state index >= 15 is 0 Å². The van der Waals surface area contributed by atoms with Gasteiger partial charge in [-0.25, -0.2) is 0 Å². The van der Waals surface area contributed by atoms with Crippen molar-refractivity contribution in [1.29, 1.82) is 5.26 Å². The summed E-state index contributed by atoms with van der Waals surface area (Å²) < 4.78 is 5.27. The molecule has 1 aromatic carbocycles. The second-order valence-corrected chi connectivity index (χ2v) is 6.23.